The van der Waals surface area contributed by atoms with Crippen molar-refractivity contribution in [1.82, 2.24) is 30.1 Å². The molecule has 5 rings (SSSR count). The first-order chi connectivity index (χ1) is 30.9. The quantitative estimate of drug-likeness (QED) is 0.0792. The number of hydrogen-bond acceptors (Lipinski definition) is 16. The molecule has 2 aromatic rings. The van der Waals surface area contributed by atoms with Crippen LogP contribution >= 0.6 is 0 Å². The Balaban J connectivity index is 1.47. The van der Waals surface area contributed by atoms with Crippen molar-refractivity contribution in [2.24, 2.45) is 17.8 Å². The summed E-state index contributed by atoms with van der Waals surface area (Å²) in [5.41, 5.74) is 4.71. The van der Waals surface area contributed by atoms with Crippen molar-refractivity contribution in [1.29, 1.82) is 0 Å². The minimum atomic E-state index is -1.63. The number of aliphatic hydroxyl groups excluding tert-OH is 1. The zero-order valence-electron chi connectivity index (χ0n) is 41.4. The van der Waals surface area contributed by atoms with Gasteiger partial charge in [0.25, 0.3) is 0 Å². The van der Waals surface area contributed by atoms with Gasteiger partial charge in [0.1, 0.15) is 29.4 Å². The van der Waals surface area contributed by atoms with Gasteiger partial charge in [-0.1, -0.05) is 38.1 Å². The normalized spacial score (nSPS) is 34.0. The van der Waals surface area contributed by atoms with E-state index in [-0.39, 0.29) is 30.5 Å². The average Bonchev–Trinajstić information content (AvgIpc) is 3.82. The Labute approximate surface area is 390 Å². The second kappa shape index (κ2) is 21.8. The van der Waals surface area contributed by atoms with Crippen LogP contribution in [-0.4, -0.2) is 154 Å². The maximum atomic E-state index is 15.1. The number of carbonyl (C=O) groups is 4. The van der Waals surface area contributed by atoms with Crippen LogP contribution in [0.25, 0.3) is 11.3 Å². The summed E-state index contributed by atoms with van der Waals surface area (Å²) in [6.45, 7) is 19.5. The third-order valence-electron chi connectivity index (χ3n) is 13.5. The molecule has 3 aliphatic heterocycles. The van der Waals surface area contributed by atoms with E-state index >= 15 is 4.79 Å². The molecule has 3 unspecified atom stereocenters. The van der Waals surface area contributed by atoms with Crippen LogP contribution in [-0.2, 0) is 49.3 Å². The van der Waals surface area contributed by atoms with Gasteiger partial charge in [0.2, 0.25) is 0 Å². The van der Waals surface area contributed by atoms with Gasteiger partial charge in [-0.15, -0.1) is 5.10 Å². The predicted molar refractivity (Wildman–Crippen MR) is 247 cm³/mol. The number of rotatable bonds is 13. The largest absolute Gasteiger partial charge is 0.460 e. The minimum absolute atomic E-state index is 0.100. The maximum absolute atomic E-state index is 15.1. The number of aliphatic hydroxyl groups is 1. The molecule has 1 aromatic heterocycles. The van der Waals surface area contributed by atoms with Gasteiger partial charge in [-0.2, -0.15) is 0 Å². The van der Waals surface area contributed by atoms with E-state index in [1.54, 1.807) is 51.3 Å². The lowest BCUT2D eigenvalue weighted by atomic mass is 9.77. The zero-order chi connectivity index (χ0) is 48.9. The standard InChI is InChI=1S/C48H77N7O11/c1-14-37-48(10)41(55(45(60)66-48)21-16-15-20-54-27-35(51-52-54)32-18-17-19-33(49)23-32)31(5)50-26-28(2)25-47(9,61-13)42(64-44-40(58)36(53(11)12)22-29(3)62-44)30(4)39(57)34(43(59)63-37)24-38(56)65-46(6,7)8/h17-19,23,27-31,34,36-37,40-42,44,50,58H,14-16,20-22,24-26,49H2,1-13H3/t28-,29?,30+,31-,34-,36?,37-,40?,41-,42-,44+,47-,48-/m1/s1. The number of nitrogens with zero attached hydrogens (tertiary/aromatic N) is 5. The molecule has 4 N–H and O–H groups in total. The van der Waals surface area contributed by atoms with Gasteiger partial charge in [0, 0.05) is 49.5 Å². The van der Waals surface area contributed by atoms with Crippen LogP contribution in [0.1, 0.15) is 108 Å². The molecule has 3 saturated heterocycles. The van der Waals surface area contributed by atoms with Crippen LogP contribution in [0.2, 0.25) is 0 Å². The van der Waals surface area contributed by atoms with Crippen LogP contribution in [0.4, 0.5) is 10.5 Å². The number of Topliss-reactive ketones (excluding diaryl/α,β-unsaturated/α-hetero) is 1. The van der Waals surface area contributed by atoms with Gasteiger partial charge in [-0.05, 0) is 119 Å². The monoisotopic (exact) mass is 928 g/mol. The molecule has 0 saturated carbocycles. The third kappa shape index (κ3) is 12.5. The molecule has 0 bridgehead atoms. The lowest BCUT2D eigenvalue weighted by Gasteiger charge is -2.46. The molecule has 0 radical (unpaired) electrons. The highest BCUT2D eigenvalue weighted by atomic mass is 16.7. The molecule has 18 nitrogen and oxygen atoms in total. The molecule has 13 atom stereocenters. The highest BCUT2D eigenvalue weighted by Crippen LogP contribution is 2.40. The Morgan fingerprint density at radius 3 is 2.42 bits per heavy atom. The Bertz CT molecular complexity index is 1980. The van der Waals surface area contributed by atoms with E-state index in [1.165, 1.54) is 0 Å². The smallest absolute Gasteiger partial charge is 0.410 e. The second-order valence-electron chi connectivity index (χ2n) is 20.4. The van der Waals surface area contributed by atoms with Crippen molar-refractivity contribution in [3.63, 3.8) is 0 Å². The number of hydrogen-bond donors (Lipinski definition) is 3. The van der Waals surface area contributed by atoms with Crippen LogP contribution in [0.5, 0.6) is 0 Å². The number of carbonyl (C=O) groups excluding carboxylic acids is 4. The first kappa shape index (κ1) is 52.8. The number of methoxy groups -OCH3 is 1. The van der Waals surface area contributed by atoms with Crippen LogP contribution in [0.3, 0.4) is 0 Å². The topological polar surface area (TPSA) is 219 Å². The van der Waals surface area contributed by atoms with E-state index in [9.17, 15) is 19.5 Å². The SMILES string of the molecule is CC[C@H]1OC(=O)[C@H](CC(=O)OC(C)(C)C)C(=O)[C@H](C)[C@@H](O[C@@H]2OC(C)CC(N(C)C)C2O)[C@](C)(OC)C[C@@H](C)CN[C@H](C)[C@H]2N(CCCCn3cc(-c4cccc(N)c4)nn3)C(=O)O[C@]12C. The Morgan fingerprint density at radius 2 is 1.79 bits per heavy atom. The summed E-state index contributed by atoms with van der Waals surface area (Å²) in [5.74, 6) is -5.18. The lowest BCUT2D eigenvalue weighted by Crippen LogP contribution is -2.61. The number of benzene rings is 1. The van der Waals surface area contributed by atoms with Gasteiger partial charge in [-0.3, -0.25) is 24.0 Å². The van der Waals surface area contributed by atoms with Gasteiger partial charge < -0.3 is 49.5 Å². The summed E-state index contributed by atoms with van der Waals surface area (Å²) < 4.78 is 39.3. The molecule has 3 fully saturated rings. The number of ketones is 1. The number of ether oxygens (including phenoxy) is 6. The Kier molecular flexibility index (Phi) is 17.5. The van der Waals surface area contributed by atoms with E-state index in [4.69, 9.17) is 34.2 Å². The number of esters is 2. The maximum Gasteiger partial charge on any atom is 0.410 e. The summed E-state index contributed by atoms with van der Waals surface area (Å²) in [6, 6.07) is 6.14. The van der Waals surface area contributed by atoms with Gasteiger partial charge >= 0.3 is 18.0 Å². The first-order valence-corrected chi connectivity index (χ1v) is 23.6. The van der Waals surface area contributed by atoms with Crippen molar-refractivity contribution in [2.75, 3.05) is 40.0 Å². The van der Waals surface area contributed by atoms with Gasteiger partial charge in [0.05, 0.1) is 36.5 Å². The molecule has 0 spiro atoms. The fraction of sp³-hybridized carbons (Fsp3) is 0.750. The van der Waals surface area contributed by atoms with Crippen molar-refractivity contribution in [3.05, 3.63) is 30.5 Å². The number of aryl methyl sites for hydroxylation is 1. The Hall–Kier alpha value is -4.20. The average molecular weight is 928 g/mol. The summed E-state index contributed by atoms with van der Waals surface area (Å²) in [6.07, 6.45) is -1.48. The number of amides is 1. The molecule has 0 aliphatic carbocycles. The van der Waals surface area contributed by atoms with Gasteiger partial charge in [-0.25, -0.2) is 4.79 Å². The number of fused-ring (bicyclic) bond motifs is 1. The molecule has 3 aliphatic rings. The summed E-state index contributed by atoms with van der Waals surface area (Å²) in [7, 11) is 5.29. The molecule has 18 heteroatoms. The molecule has 66 heavy (non-hydrogen) atoms. The minimum Gasteiger partial charge on any atom is -0.460 e. The van der Waals surface area contributed by atoms with Crippen molar-refractivity contribution in [2.45, 2.75) is 180 Å². The van der Waals surface area contributed by atoms with Crippen molar-refractivity contribution < 1.29 is 52.7 Å². The summed E-state index contributed by atoms with van der Waals surface area (Å²) >= 11 is 0. The van der Waals surface area contributed by atoms with E-state index in [0.717, 1.165) is 5.56 Å². The zero-order valence-corrected chi connectivity index (χ0v) is 41.4. The van der Waals surface area contributed by atoms with E-state index in [0.29, 0.717) is 56.7 Å². The predicted octanol–water partition coefficient (Wildman–Crippen LogP) is 5.00. The van der Waals surface area contributed by atoms with E-state index < -0.39 is 89.5 Å². The summed E-state index contributed by atoms with van der Waals surface area (Å²) in [5, 5.41) is 23.9. The molecule has 4 heterocycles. The van der Waals surface area contributed by atoms with Crippen molar-refractivity contribution >= 4 is 29.5 Å². The van der Waals surface area contributed by atoms with Gasteiger partial charge in [0.15, 0.2) is 17.7 Å². The first-order valence-electron chi connectivity index (χ1n) is 23.6. The number of nitrogens with one attached hydrogen (secondary N) is 1. The fourth-order valence-corrected chi connectivity index (χ4v) is 10.1. The molecule has 1 aromatic carbocycles. The number of likely N-dealkylation sites (N-methyl/N-ethyl adjacent to an activating group) is 1. The Morgan fingerprint density at radius 1 is 1.09 bits per heavy atom. The van der Waals surface area contributed by atoms with Crippen LogP contribution < -0.4 is 11.1 Å². The van der Waals surface area contributed by atoms with Crippen molar-refractivity contribution in [3.8, 4) is 11.3 Å². The number of cyclic esters (lactones) is 1. The number of anilines is 1. The number of nitrogen functional groups attached to an aromatic ring is 1. The lowest BCUT2D eigenvalue weighted by molar-refractivity contribution is -0.295. The number of unbranched alkanes of at least 4 members (excludes halogenated alkanes) is 1. The molecule has 370 valence electrons. The molecular formula is C48H77N7O11. The third-order valence-corrected chi connectivity index (χ3v) is 13.5. The number of aromatic nitrogens is 3. The molecular weight excluding hydrogens is 851 g/mol. The van der Waals surface area contributed by atoms with E-state index in [1.807, 2.05) is 77.2 Å². The van der Waals surface area contributed by atoms with Crippen LogP contribution in [0.15, 0.2) is 30.5 Å². The fourth-order valence-electron chi connectivity index (χ4n) is 10.1. The van der Waals surface area contributed by atoms with E-state index in [2.05, 4.69) is 22.6 Å². The number of nitrogens with two attached hydrogens (primary N) is 1. The molecule has 1 amide bonds. The second-order valence-corrected chi connectivity index (χ2v) is 20.4. The van der Waals surface area contributed by atoms with Crippen LogP contribution in [0, 0.1) is 17.8 Å². The highest BCUT2D eigenvalue weighted by molar-refractivity contribution is 6.03. The summed E-state index contributed by atoms with van der Waals surface area (Å²) in [4.78, 5) is 61.0. The highest BCUT2D eigenvalue weighted by Gasteiger charge is 2.59.